The minimum Gasteiger partial charge on any atom is -0.358 e. The van der Waals surface area contributed by atoms with Crippen LogP contribution in [0.15, 0.2) is 84.9 Å². The number of aromatic amines is 1. The fourth-order valence-electron chi connectivity index (χ4n) is 5.43. The third-order valence-corrected chi connectivity index (χ3v) is 7.00. The number of rotatable bonds is 7. The van der Waals surface area contributed by atoms with Crippen molar-refractivity contribution in [3.8, 4) is 0 Å². The molecule has 1 saturated carbocycles. The molecule has 176 valence electrons. The summed E-state index contributed by atoms with van der Waals surface area (Å²) in [6, 6.07) is 27.4. The number of aromatic nitrogens is 1. The van der Waals surface area contributed by atoms with Gasteiger partial charge in [-0.1, -0.05) is 78.9 Å². The lowest BCUT2D eigenvalue weighted by Gasteiger charge is -2.24. The number of ketones is 2. The molecule has 5 rings (SSSR count). The molecule has 1 fully saturated rings. The fourth-order valence-corrected chi connectivity index (χ4v) is 5.43. The van der Waals surface area contributed by atoms with Crippen LogP contribution >= 0.6 is 0 Å². The predicted octanol–water partition coefficient (Wildman–Crippen LogP) is 4.92. The van der Waals surface area contributed by atoms with Gasteiger partial charge in [-0.05, 0) is 29.2 Å². The third kappa shape index (κ3) is 4.42. The standard InChI is InChI=1S/C30H28N2O3/c1-19(33)31-17-16-23-22-14-8-9-15-25(22)32-29(23)27(21-12-6-3-7-13-21)28-26(34)18-24(30(28)35)20-10-4-2-5-11-20/h2-15,24,27-28,32H,16-18H2,1H3,(H,31,33). The quantitative estimate of drug-likeness (QED) is 0.381. The summed E-state index contributed by atoms with van der Waals surface area (Å²) in [6.45, 7) is 1.98. The highest BCUT2D eigenvalue weighted by Gasteiger charge is 2.47. The zero-order valence-corrected chi connectivity index (χ0v) is 19.7. The van der Waals surface area contributed by atoms with Crippen molar-refractivity contribution in [3.05, 3.63) is 107 Å². The van der Waals surface area contributed by atoms with E-state index in [1.54, 1.807) is 0 Å². The Balaban J connectivity index is 1.63. The molecule has 1 amide bonds. The highest BCUT2D eigenvalue weighted by Crippen LogP contribution is 2.44. The van der Waals surface area contributed by atoms with Gasteiger partial charge in [-0.15, -0.1) is 0 Å². The topological polar surface area (TPSA) is 79.0 Å². The van der Waals surface area contributed by atoms with Crippen molar-refractivity contribution in [1.29, 1.82) is 0 Å². The Morgan fingerprint density at radius 2 is 1.60 bits per heavy atom. The molecule has 0 saturated heterocycles. The summed E-state index contributed by atoms with van der Waals surface area (Å²) in [5.74, 6) is -1.75. The molecule has 1 aliphatic rings. The summed E-state index contributed by atoms with van der Waals surface area (Å²) in [7, 11) is 0. The maximum atomic E-state index is 13.8. The Bertz CT molecular complexity index is 1370. The van der Waals surface area contributed by atoms with E-state index in [-0.39, 0.29) is 23.9 Å². The van der Waals surface area contributed by atoms with Gasteiger partial charge in [-0.25, -0.2) is 0 Å². The van der Waals surface area contributed by atoms with Gasteiger partial charge in [0, 0.05) is 42.4 Å². The number of amides is 1. The molecule has 1 aliphatic carbocycles. The van der Waals surface area contributed by atoms with Crippen molar-refractivity contribution in [1.82, 2.24) is 10.3 Å². The van der Waals surface area contributed by atoms with Gasteiger partial charge in [0.05, 0.1) is 11.8 Å². The Labute approximate surface area is 204 Å². The molecule has 1 aromatic heterocycles. The first-order valence-electron chi connectivity index (χ1n) is 12.0. The van der Waals surface area contributed by atoms with Crippen LogP contribution in [0.4, 0.5) is 0 Å². The van der Waals surface area contributed by atoms with E-state index in [4.69, 9.17) is 0 Å². The second-order valence-corrected chi connectivity index (χ2v) is 9.20. The van der Waals surface area contributed by atoms with Crippen molar-refractivity contribution in [2.45, 2.75) is 31.6 Å². The molecule has 2 N–H and O–H groups in total. The zero-order chi connectivity index (χ0) is 24.4. The number of para-hydroxylation sites is 1. The van der Waals surface area contributed by atoms with Gasteiger partial charge in [0.15, 0.2) is 5.78 Å². The summed E-state index contributed by atoms with van der Waals surface area (Å²) in [6.07, 6.45) is 0.817. The number of benzene rings is 3. The lowest BCUT2D eigenvalue weighted by atomic mass is 9.78. The van der Waals surface area contributed by atoms with E-state index in [1.807, 2.05) is 84.9 Å². The number of hydrogen-bond donors (Lipinski definition) is 2. The summed E-state index contributed by atoms with van der Waals surface area (Å²) in [5, 5.41) is 3.93. The molecule has 5 nitrogen and oxygen atoms in total. The van der Waals surface area contributed by atoms with Crippen molar-refractivity contribution in [3.63, 3.8) is 0 Å². The van der Waals surface area contributed by atoms with Crippen LogP contribution in [-0.4, -0.2) is 29.0 Å². The third-order valence-electron chi connectivity index (χ3n) is 7.00. The van der Waals surface area contributed by atoms with Crippen LogP contribution in [0, 0.1) is 5.92 Å². The van der Waals surface area contributed by atoms with E-state index in [0.29, 0.717) is 13.0 Å². The number of nitrogens with one attached hydrogen (secondary N) is 2. The Morgan fingerprint density at radius 3 is 2.31 bits per heavy atom. The predicted molar refractivity (Wildman–Crippen MR) is 136 cm³/mol. The molecular formula is C30H28N2O3. The van der Waals surface area contributed by atoms with Gasteiger partial charge in [0.25, 0.3) is 0 Å². The second-order valence-electron chi connectivity index (χ2n) is 9.20. The molecule has 0 bridgehead atoms. The maximum Gasteiger partial charge on any atom is 0.216 e. The molecule has 5 heteroatoms. The van der Waals surface area contributed by atoms with Crippen LogP contribution < -0.4 is 5.32 Å². The van der Waals surface area contributed by atoms with Crippen molar-refractivity contribution >= 4 is 28.4 Å². The van der Waals surface area contributed by atoms with Gasteiger partial charge in [0.1, 0.15) is 5.78 Å². The van der Waals surface area contributed by atoms with Crippen molar-refractivity contribution < 1.29 is 14.4 Å². The Kier molecular flexibility index (Phi) is 6.32. The van der Waals surface area contributed by atoms with E-state index in [9.17, 15) is 14.4 Å². The van der Waals surface area contributed by atoms with Crippen LogP contribution in [0.5, 0.6) is 0 Å². The van der Waals surface area contributed by atoms with Crippen LogP contribution in [0.3, 0.4) is 0 Å². The van der Waals surface area contributed by atoms with E-state index >= 15 is 0 Å². The smallest absolute Gasteiger partial charge is 0.216 e. The van der Waals surface area contributed by atoms with E-state index in [2.05, 4.69) is 10.3 Å². The highest BCUT2D eigenvalue weighted by atomic mass is 16.2. The number of H-pyrrole nitrogens is 1. The summed E-state index contributed by atoms with van der Waals surface area (Å²) < 4.78 is 0. The van der Waals surface area contributed by atoms with E-state index < -0.39 is 17.8 Å². The minimum absolute atomic E-state index is 0.0239. The van der Waals surface area contributed by atoms with Gasteiger partial charge >= 0.3 is 0 Å². The zero-order valence-electron chi connectivity index (χ0n) is 19.7. The van der Waals surface area contributed by atoms with E-state index in [1.165, 1.54) is 6.92 Å². The first kappa shape index (κ1) is 22.8. The molecule has 4 aromatic rings. The molecule has 0 aliphatic heterocycles. The number of carbonyl (C=O) groups is 3. The summed E-state index contributed by atoms with van der Waals surface area (Å²) in [5.41, 5.74) is 4.69. The molecule has 3 aromatic carbocycles. The molecular weight excluding hydrogens is 436 g/mol. The summed E-state index contributed by atoms with van der Waals surface area (Å²) >= 11 is 0. The number of hydrogen-bond acceptors (Lipinski definition) is 3. The lowest BCUT2D eigenvalue weighted by molar-refractivity contribution is -0.128. The molecule has 3 unspecified atom stereocenters. The van der Waals surface area contributed by atoms with Crippen molar-refractivity contribution in [2.75, 3.05) is 6.54 Å². The van der Waals surface area contributed by atoms with Gasteiger partial charge in [0.2, 0.25) is 5.91 Å². The van der Waals surface area contributed by atoms with Crippen LogP contribution in [-0.2, 0) is 20.8 Å². The highest BCUT2D eigenvalue weighted by molar-refractivity contribution is 6.13. The Hall–Kier alpha value is -3.99. The maximum absolute atomic E-state index is 13.8. The average Bonchev–Trinajstić information content (AvgIpc) is 3.38. The SMILES string of the molecule is CC(=O)NCCc1c(C(c2ccccc2)C2C(=O)CC(c3ccccc3)C2=O)[nH]c2ccccc12. The summed E-state index contributed by atoms with van der Waals surface area (Å²) in [4.78, 5) is 42.4. The molecule has 3 atom stereocenters. The van der Waals surface area contributed by atoms with Gasteiger partial charge < -0.3 is 10.3 Å². The number of fused-ring (bicyclic) bond motifs is 1. The largest absolute Gasteiger partial charge is 0.358 e. The van der Waals surface area contributed by atoms with Crippen molar-refractivity contribution in [2.24, 2.45) is 5.92 Å². The second kappa shape index (κ2) is 9.71. The number of Topliss-reactive ketones (excluding diaryl/α,β-unsaturated/α-hetero) is 2. The van der Waals surface area contributed by atoms with Gasteiger partial charge in [-0.3, -0.25) is 14.4 Å². The van der Waals surface area contributed by atoms with Gasteiger partial charge in [-0.2, -0.15) is 0 Å². The number of carbonyl (C=O) groups excluding carboxylic acids is 3. The van der Waals surface area contributed by atoms with Crippen LogP contribution in [0.25, 0.3) is 10.9 Å². The Morgan fingerprint density at radius 1 is 0.943 bits per heavy atom. The molecule has 0 radical (unpaired) electrons. The average molecular weight is 465 g/mol. The molecule has 35 heavy (non-hydrogen) atoms. The minimum atomic E-state index is -0.768. The normalized spacial score (nSPS) is 18.7. The van der Waals surface area contributed by atoms with Crippen LogP contribution in [0.2, 0.25) is 0 Å². The van der Waals surface area contributed by atoms with Crippen LogP contribution in [0.1, 0.15) is 47.6 Å². The lowest BCUT2D eigenvalue weighted by Crippen LogP contribution is -2.27. The molecule has 0 spiro atoms. The first-order valence-corrected chi connectivity index (χ1v) is 12.0. The fraction of sp³-hybridized carbons (Fsp3) is 0.233. The monoisotopic (exact) mass is 464 g/mol. The first-order chi connectivity index (χ1) is 17.0. The van der Waals surface area contributed by atoms with E-state index in [0.717, 1.165) is 33.3 Å². The molecule has 1 heterocycles.